The van der Waals surface area contributed by atoms with Crippen molar-refractivity contribution >= 4 is 29.9 Å². The van der Waals surface area contributed by atoms with E-state index >= 15 is 0 Å². The standard InChI is InChI=1S/C6F12Se2/c7-3(8,9)1(4(10,11)12)19-2(20-1,5(13,14)15)6(16,17)18. The monoisotopic (exact) mass is 460 g/mol. The van der Waals surface area contributed by atoms with E-state index in [2.05, 4.69) is 0 Å². The van der Waals surface area contributed by atoms with E-state index in [4.69, 9.17) is 0 Å². The Morgan fingerprint density at radius 1 is 0.400 bits per heavy atom. The molecule has 0 aliphatic carbocycles. The molecule has 14 heteroatoms. The van der Waals surface area contributed by atoms with E-state index in [-0.39, 0.29) is 0 Å². The molecule has 0 amide bonds. The topological polar surface area (TPSA) is 0 Å². The quantitative estimate of drug-likeness (QED) is 0.382. The molecule has 0 atom stereocenters. The molecular formula is C6F12Se2. The SMILES string of the molecule is FC(F)(F)C1(C(F)(F)F)[Se]C(C(F)(F)F)(C(F)(F)F)[Se]1. The number of hydrogen-bond acceptors (Lipinski definition) is 0. The van der Waals surface area contributed by atoms with Gasteiger partial charge in [-0.1, -0.05) is 0 Å². The maximum atomic E-state index is 12.3. The summed E-state index contributed by atoms with van der Waals surface area (Å²) in [5, 5.41) is 0. The number of halogens is 12. The summed E-state index contributed by atoms with van der Waals surface area (Å²) in [6.45, 7) is 0. The third-order valence-corrected chi connectivity index (χ3v) is 12.0. The van der Waals surface area contributed by atoms with Crippen LogP contribution in [-0.4, -0.2) is 54.6 Å². The Hall–Kier alpha value is 0.199. The van der Waals surface area contributed by atoms with Gasteiger partial charge in [-0.05, 0) is 0 Å². The summed E-state index contributed by atoms with van der Waals surface area (Å²) in [5.41, 5.74) is 0. The predicted molar refractivity (Wildman–Crippen MR) is 41.1 cm³/mol. The summed E-state index contributed by atoms with van der Waals surface area (Å²) >= 11 is -7.62. The second-order valence-electron chi connectivity index (χ2n) is 3.43. The fourth-order valence-corrected chi connectivity index (χ4v) is 9.41. The van der Waals surface area contributed by atoms with Crippen LogP contribution in [0.25, 0.3) is 0 Å². The van der Waals surface area contributed by atoms with Gasteiger partial charge in [-0.25, -0.2) is 0 Å². The molecule has 1 fully saturated rings. The van der Waals surface area contributed by atoms with Crippen LogP contribution in [0.5, 0.6) is 0 Å². The molecule has 1 saturated heterocycles. The van der Waals surface area contributed by atoms with Crippen LogP contribution in [0.3, 0.4) is 0 Å². The van der Waals surface area contributed by atoms with Gasteiger partial charge in [0.05, 0.1) is 0 Å². The number of hydrogen-bond donors (Lipinski definition) is 0. The van der Waals surface area contributed by atoms with E-state index in [1.165, 1.54) is 0 Å². The van der Waals surface area contributed by atoms with Gasteiger partial charge in [-0.15, -0.1) is 0 Å². The average molecular weight is 458 g/mol. The van der Waals surface area contributed by atoms with Crippen molar-refractivity contribution in [3.8, 4) is 0 Å². The second kappa shape index (κ2) is 4.36. The molecule has 1 rings (SSSR count). The summed E-state index contributed by atoms with van der Waals surface area (Å²) in [7, 11) is 0. The van der Waals surface area contributed by atoms with Crippen molar-refractivity contribution in [3.63, 3.8) is 0 Å². The fourth-order valence-electron chi connectivity index (χ4n) is 1.20. The molecule has 0 radical (unpaired) electrons. The summed E-state index contributed by atoms with van der Waals surface area (Å²) in [4.78, 5) is 0. The van der Waals surface area contributed by atoms with Gasteiger partial charge in [-0.3, -0.25) is 0 Å². The molecule has 0 N–H and O–H groups in total. The molecule has 0 aromatic heterocycles. The molecule has 1 heterocycles. The van der Waals surface area contributed by atoms with Crippen molar-refractivity contribution in [1.82, 2.24) is 0 Å². The Labute approximate surface area is 114 Å². The molecule has 0 unspecified atom stereocenters. The normalized spacial score (nSPS) is 23.4. The Morgan fingerprint density at radius 2 is 0.550 bits per heavy atom. The molecule has 0 saturated carbocycles. The van der Waals surface area contributed by atoms with E-state index in [1.807, 2.05) is 0 Å². The maximum absolute atomic E-state index is 12.3. The van der Waals surface area contributed by atoms with Gasteiger partial charge < -0.3 is 0 Å². The third kappa shape index (κ3) is 2.32. The first-order valence-electron chi connectivity index (χ1n) is 4.08. The first-order valence-corrected chi connectivity index (χ1v) is 7.51. The van der Waals surface area contributed by atoms with E-state index in [0.29, 0.717) is 0 Å². The van der Waals surface area contributed by atoms with Crippen LogP contribution < -0.4 is 0 Å². The molecular weight excluding hydrogens is 458 g/mol. The van der Waals surface area contributed by atoms with Crippen molar-refractivity contribution < 1.29 is 52.7 Å². The zero-order valence-corrected chi connectivity index (χ0v) is 11.8. The number of rotatable bonds is 0. The van der Waals surface area contributed by atoms with E-state index in [9.17, 15) is 52.7 Å². The Bertz CT molecular complexity index is 309. The molecule has 1 aliphatic heterocycles. The van der Waals surface area contributed by atoms with Crippen LogP contribution in [0.15, 0.2) is 0 Å². The predicted octanol–water partition coefficient (Wildman–Crippen LogP) is 3.89. The average Bonchev–Trinajstić information content (AvgIpc) is 1.87. The van der Waals surface area contributed by atoms with Gasteiger partial charge in [0, 0.05) is 0 Å². The summed E-state index contributed by atoms with van der Waals surface area (Å²) < 4.78 is 138. The molecule has 0 aromatic carbocycles. The van der Waals surface area contributed by atoms with E-state index in [1.54, 1.807) is 0 Å². The summed E-state index contributed by atoms with van der Waals surface area (Å²) in [6.07, 6.45) is -24.8. The van der Waals surface area contributed by atoms with Crippen LogP contribution in [-0.2, 0) is 0 Å². The molecule has 0 nitrogen and oxygen atoms in total. The minimum absolute atomic E-state index is 3.81. The fraction of sp³-hybridized carbons (Fsp3) is 1.00. The van der Waals surface area contributed by atoms with Gasteiger partial charge >= 0.3 is 114 Å². The van der Waals surface area contributed by atoms with Crippen LogP contribution in [0.2, 0.25) is 6.42 Å². The van der Waals surface area contributed by atoms with Crippen LogP contribution in [0, 0.1) is 0 Å². The van der Waals surface area contributed by atoms with Crippen molar-refractivity contribution in [1.29, 1.82) is 0 Å². The summed E-state index contributed by atoms with van der Waals surface area (Å²) in [5.74, 6) is 0. The zero-order chi connectivity index (χ0) is 16.4. The van der Waals surface area contributed by atoms with Gasteiger partial charge in [0.15, 0.2) is 0 Å². The summed E-state index contributed by atoms with van der Waals surface area (Å²) in [6, 6.07) is 0. The van der Waals surface area contributed by atoms with Crippen molar-refractivity contribution in [3.05, 3.63) is 0 Å². The molecule has 0 bridgehead atoms. The van der Waals surface area contributed by atoms with E-state index < -0.39 is 61.0 Å². The van der Waals surface area contributed by atoms with Crippen LogP contribution in [0.1, 0.15) is 0 Å². The number of alkyl halides is 12. The molecule has 0 aromatic rings. The molecule has 120 valence electrons. The third-order valence-electron chi connectivity index (χ3n) is 2.07. The molecule has 20 heavy (non-hydrogen) atoms. The van der Waals surface area contributed by atoms with Gasteiger partial charge in [0.2, 0.25) is 0 Å². The van der Waals surface area contributed by atoms with Gasteiger partial charge in [0.25, 0.3) is 0 Å². The zero-order valence-electron chi connectivity index (χ0n) is 8.35. The van der Waals surface area contributed by atoms with Gasteiger partial charge in [-0.2, -0.15) is 0 Å². The Balaban J connectivity index is 3.33. The first kappa shape index (κ1) is 18.2. The minimum atomic E-state index is -6.20. The van der Waals surface area contributed by atoms with Crippen molar-refractivity contribution in [2.75, 3.05) is 0 Å². The van der Waals surface area contributed by atoms with E-state index in [0.717, 1.165) is 0 Å². The molecule has 1 aliphatic rings. The Morgan fingerprint density at radius 3 is 0.650 bits per heavy atom. The van der Waals surface area contributed by atoms with Crippen LogP contribution in [0.4, 0.5) is 52.7 Å². The molecule has 0 spiro atoms. The van der Waals surface area contributed by atoms with Gasteiger partial charge in [0.1, 0.15) is 0 Å². The van der Waals surface area contributed by atoms with Crippen molar-refractivity contribution in [2.24, 2.45) is 0 Å². The second-order valence-corrected chi connectivity index (χ2v) is 12.0. The van der Waals surface area contributed by atoms with Crippen molar-refractivity contribution in [2.45, 2.75) is 31.1 Å². The Kier molecular flexibility index (Phi) is 3.98. The van der Waals surface area contributed by atoms with Crippen LogP contribution >= 0.6 is 0 Å². The first-order chi connectivity index (χ1) is 8.41.